The lowest BCUT2D eigenvalue weighted by molar-refractivity contribution is -0.149. The van der Waals surface area contributed by atoms with E-state index in [0.29, 0.717) is 23.7 Å². The number of fused-ring (bicyclic) bond motifs is 1. The van der Waals surface area contributed by atoms with Crippen LogP contribution in [0.15, 0.2) is 35.5 Å². The molecule has 0 amide bonds. The maximum absolute atomic E-state index is 12.1. The molecule has 0 radical (unpaired) electrons. The van der Waals surface area contributed by atoms with Gasteiger partial charge in [0.05, 0.1) is 5.60 Å². The van der Waals surface area contributed by atoms with Gasteiger partial charge in [-0.2, -0.15) is 0 Å². The summed E-state index contributed by atoms with van der Waals surface area (Å²) in [5.74, 6) is 2.10. The minimum Gasteiger partial charge on any atom is -0.462 e. The number of allylic oxidation sites excluding steroid dienone is 4. The minimum absolute atomic E-state index is 0.00907. The van der Waals surface area contributed by atoms with Crippen molar-refractivity contribution in [3.8, 4) is 0 Å². The van der Waals surface area contributed by atoms with E-state index in [1.165, 1.54) is 49.7 Å². The largest absolute Gasteiger partial charge is 0.462 e. The van der Waals surface area contributed by atoms with Gasteiger partial charge in [-0.15, -0.1) is 0 Å². The lowest BCUT2D eigenvalue weighted by Gasteiger charge is -2.44. The molecule has 0 bridgehead atoms. The van der Waals surface area contributed by atoms with Crippen molar-refractivity contribution < 1.29 is 14.6 Å². The second kappa shape index (κ2) is 12.6. The average molecular weight is 550 g/mol. The fourth-order valence-corrected chi connectivity index (χ4v) is 7.49. The van der Waals surface area contributed by atoms with Gasteiger partial charge in [0, 0.05) is 18.2 Å². The molecule has 3 aliphatic rings. The van der Waals surface area contributed by atoms with Gasteiger partial charge in [0.15, 0.2) is 0 Å². The molecule has 1 N–H and O–H groups in total. The van der Waals surface area contributed by atoms with Gasteiger partial charge in [-0.25, -0.2) is 0 Å². The standard InChI is InChI=1S/C31H49BrO3/c1-22-12-15-26(35-29(33)11-8-20-32)21-25(22)14-13-24-10-7-19-31(5)27(16-17-28(24)31)23(2)9-6-18-30(3,4)34/h13-14,23,26-28,34H,1,6-12,15-21H2,2-5H3/t23-,26+,27-,28?,31-/m1/s1. The molecule has 0 aromatic rings. The van der Waals surface area contributed by atoms with Crippen molar-refractivity contribution in [3.63, 3.8) is 0 Å². The maximum Gasteiger partial charge on any atom is 0.306 e. The molecule has 3 fully saturated rings. The first-order valence-corrected chi connectivity index (χ1v) is 15.2. The van der Waals surface area contributed by atoms with E-state index in [0.717, 1.165) is 49.8 Å². The van der Waals surface area contributed by atoms with Gasteiger partial charge in [0.25, 0.3) is 0 Å². The van der Waals surface area contributed by atoms with Crippen molar-refractivity contribution in [2.24, 2.45) is 23.2 Å². The van der Waals surface area contributed by atoms with E-state index in [-0.39, 0.29) is 12.1 Å². The number of ether oxygens (including phenoxy) is 1. The average Bonchev–Trinajstić information content (AvgIpc) is 3.14. The number of carbonyl (C=O) groups is 1. The van der Waals surface area contributed by atoms with Crippen LogP contribution in [0, 0.1) is 23.2 Å². The predicted octanol–water partition coefficient (Wildman–Crippen LogP) is 8.46. The number of alkyl halides is 1. The van der Waals surface area contributed by atoms with Crippen molar-refractivity contribution in [2.45, 2.75) is 123 Å². The highest BCUT2D eigenvalue weighted by Crippen LogP contribution is 2.60. The highest BCUT2D eigenvalue weighted by Gasteiger charge is 2.50. The third-order valence-corrected chi connectivity index (χ3v) is 9.71. The molecule has 198 valence electrons. The molecule has 5 atom stereocenters. The van der Waals surface area contributed by atoms with Crippen LogP contribution in [0.5, 0.6) is 0 Å². The van der Waals surface area contributed by atoms with Gasteiger partial charge in [-0.05, 0) is 100 Å². The molecular formula is C31H49BrO3. The van der Waals surface area contributed by atoms with Crippen LogP contribution in [0.1, 0.15) is 111 Å². The van der Waals surface area contributed by atoms with Crippen LogP contribution in [0.4, 0.5) is 0 Å². The molecule has 0 heterocycles. The molecule has 35 heavy (non-hydrogen) atoms. The Morgan fingerprint density at radius 2 is 2.03 bits per heavy atom. The molecule has 0 spiro atoms. The van der Waals surface area contributed by atoms with Gasteiger partial charge in [-0.1, -0.05) is 72.5 Å². The third kappa shape index (κ3) is 7.81. The Bertz CT molecular complexity index is 805. The zero-order valence-electron chi connectivity index (χ0n) is 22.7. The van der Waals surface area contributed by atoms with E-state index >= 15 is 0 Å². The molecule has 3 saturated carbocycles. The Kier molecular flexibility index (Phi) is 10.3. The first-order valence-electron chi connectivity index (χ1n) is 14.1. The predicted molar refractivity (Wildman–Crippen MR) is 150 cm³/mol. The summed E-state index contributed by atoms with van der Waals surface area (Å²) in [6.45, 7) is 13.2. The second-order valence-electron chi connectivity index (χ2n) is 12.5. The smallest absolute Gasteiger partial charge is 0.306 e. The Morgan fingerprint density at radius 1 is 1.26 bits per heavy atom. The van der Waals surface area contributed by atoms with Crippen LogP contribution in [0.2, 0.25) is 0 Å². The normalized spacial score (nSPS) is 32.6. The zero-order valence-corrected chi connectivity index (χ0v) is 24.3. The summed E-state index contributed by atoms with van der Waals surface area (Å²) in [7, 11) is 0. The molecule has 3 aliphatic carbocycles. The molecule has 1 unspecified atom stereocenters. The molecule has 0 aliphatic heterocycles. The third-order valence-electron chi connectivity index (χ3n) is 9.15. The van der Waals surface area contributed by atoms with E-state index in [1.807, 2.05) is 13.8 Å². The van der Waals surface area contributed by atoms with Gasteiger partial charge in [0.1, 0.15) is 6.10 Å². The highest BCUT2D eigenvalue weighted by atomic mass is 79.9. The summed E-state index contributed by atoms with van der Waals surface area (Å²) in [6, 6.07) is 0. The minimum atomic E-state index is -0.551. The summed E-state index contributed by atoms with van der Waals surface area (Å²) in [5.41, 5.74) is 3.95. The molecule has 3 rings (SSSR count). The number of hydrogen-bond acceptors (Lipinski definition) is 3. The van der Waals surface area contributed by atoms with Crippen LogP contribution in [0.25, 0.3) is 0 Å². The zero-order chi connectivity index (χ0) is 25.6. The van der Waals surface area contributed by atoms with Crippen molar-refractivity contribution >= 4 is 21.9 Å². The Balaban J connectivity index is 1.64. The fourth-order valence-electron chi connectivity index (χ4n) is 7.21. The van der Waals surface area contributed by atoms with Gasteiger partial charge in [0.2, 0.25) is 0 Å². The monoisotopic (exact) mass is 548 g/mol. The first-order chi connectivity index (χ1) is 16.5. The Labute approximate surface area is 223 Å². The molecular weight excluding hydrogens is 500 g/mol. The molecule has 4 heteroatoms. The quantitative estimate of drug-likeness (QED) is 0.220. The molecule has 0 saturated heterocycles. The number of halogens is 1. The lowest BCUT2D eigenvalue weighted by atomic mass is 9.60. The van der Waals surface area contributed by atoms with Crippen LogP contribution in [-0.2, 0) is 9.53 Å². The summed E-state index contributed by atoms with van der Waals surface area (Å²) in [5, 5.41) is 10.9. The number of rotatable bonds is 10. The summed E-state index contributed by atoms with van der Waals surface area (Å²) < 4.78 is 5.76. The van der Waals surface area contributed by atoms with Crippen LogP contribution in [0.3, 0.4) is 0 Å². The van der Waals surface area contributed by atoms with Gasteiger partial charge < -0.3 is 9.84 Å². The summed E-state index contributed by atoms with van der Waals surface area (Å²) in [6.07, 6.45) is 18.3. The van der Waals surface area contributed by atoms with Crippen LogP contribution >= 0.6 is 15.9 Å². The number of aliphatic hydroxyl groups is 1. The lowest BCUT2D eigenvalue weighted by Crippen LogP contribution is -2.36. The Hall–Kier alpha value is -0.870. The van der Waals surface area contributed by atoms with Gasteiger partial charge in [-0.3, -0.25) is 4.79 Å². The number of esters is 1. The topological polar surface area (TPSA) is 46.5 Å². The fraction of sp³-hybridized carbons (Fsp3) is 0.774. The maximum atomic E-state index is 12.1. The van der Waals surface area contributed by atoms with Crippen molar-refractivity contribution in [3.05, 3.63) is 35.5 Å². The van der Waals surface area contributed by atoms with Crippen LogP contribution in [-0.4, -0.2) is 28.1 Å². The van der Waals surface area contributed by atoms with E-state index < -0.39 is 5.60 Å². The van der Waals surface area contributed by atoms with Crippen molar-refractivity contribution in [2.75, 3.05) is 5.33 Å². The van der Waals surface area contributed by atoms with Crippen molar-refractivity contribution in [1.82, 2.24) is 0 Å². The second-order valence-corrected chi connectivity index (χ2v) is 13.3. The summed E-state index contributed by atoms with van der Waals surface area (Å²) in [4.78, 5) is 12.1. The summed E-state index contributed by atoms with van der Waals surface area (Å²) >= 11 is 3.39. The number of hydrogen-bond donors (Lipinski definition) is 1. The van der Waals surface area contributed by atoms with E-state index in [4.69, 9.17) is 4.74 Å². The molecule has 3 nitrogen and oxygen atoms in total. The van der Waals surface area contributed by atoms with E-state index in [1.54, 1.807) is 5.57 Å². The molecule has 0 aromatic carbocycles. The first kappa shape index (κ1) is 28.7. The van der Waals surface area contributed by atoms with Gasteiger partial charge >= 0.3 is 5.97 Å². The van der Waals surface area contributed by atoms with Crippen molar-refractivity contribution in [1.29, 1.82) is 0 Å². The number of carbonyl (C=O) groups excluding carboxylic acids is 1. The molecule has 0 aromatic heterocycles. The van der Waals surface area contributed by atoms with E-state index in [2.05, 4.69) is 48.5 Å². The highest BCUT2D eigenvalue weighted by molar-refractivity contribution is 9.09. The Morgan fingerprint density at radius 3 is 2.74 bits per heavy atom. The SMILES string of the molecule is C=C1CC[C@H](OC(=O)CCCBr)CC1=CC=C1CCC[C@@]2(C)C1CC[C@@H]2[C@H](C)CCCC(C)(C)O. The van der Waals surface area contributed by atoms with E-state index in [9.17, 15) is 9.90 Å². The van der Waals surface area contributed by atoms with Crippen LogP contribution < -0.4 is 0 Å².